The van der Waals surface area contributed by atoms with Crippen LogP contribution in [0.2, 0.25) is 0 Å². The Kier molecular flexibility index (Phi) is 7.45. The summed E-state index contributed by atoms with van der Waals surface area (Å²) in [5.74, 6) is -0.787. The molecule has 0 radical (unpaired) electrons. The van der Waals surface area contributed by atoms with Crippen LogP contribution >= 0.6 is 11.3 Å². The van der Waals surface area contributed by atoms with Gasteiger partial charge in [-0.2, -0.15) is 4.31 Å². The summed E-state index contributed by atoms with van der Waals surface area (Å²) in [4.78, 5) is 28.8. The Bertz CT molecular complexity index is 1330. The molecule has 10 nitrogen and oxygen atoms in total. The summed E-state index contributed by atoms with van der Waals surface area (Å²) in [6.07, 6.45) is 0. The van der Waals surface area contributed by atoms with Crippen molar-refractivity contribution in [3.05, 3.63) is 59.0 Å². The normalized spacial score (nSPS) is 14.3. The Morgan fingerprint density at radius 3 is 2.40 bits per heavy atom. The van der Waals surface area contributed by atoms with Crippen molar-refractivity contribution < 1.29 is 32.2 Å². The predicted octanol–water partition coefficient (Wildman–Crippen LogP) is 2.88. The molecule has 2 aromatic carbocycles. The molecule has 12 heteroatoms. The zero-order chi connectivity index (χ0) is 25.0. The van der Waals surface area contributed by atoms with E-state index in [-0.39, 0.29) is 29.3 Å². The SMILES string of the molecule is COC(=O)c1ccc(-c2csc(NC(=O)c3ccc(OC)c(S(=O)(=O)N4CCOCC4)c3)n2)cc1. The van der Waals surface area contributed by atoms with E-state index in [1.807, 2.05) is 0 Å². The number of nitrogens with one attached hydrogen (secondary N) is 1. The smallest absolute Gasteiger partial charge is 0.337 e. The summed E-state index contributed by atoms with van der Waals surface area (Å²) < 4.78 is 42.8. The second kappa shape index (κ2) is 10.5. The van der Waals surface area contributed by atoms with Gasteiger partial charge in [-0.15, -0.1) is 11.3 Å². The van der Waals surface area contributed by atoms with Crippen LogP contribution in [0.5, 0.6) is 5.75 Å². The Balaban J connectivity index is 1.53. The van der Waals surface area contributed by atoms with Crippen molar-refractivity contribution in [2.24, 2.45) is 0 Å². The van der Waals surface area contributed by atoms with Crippen molar-refractivity contribution >= 4 is 38.4 Å². The summed E-state index contributed by atoms with van der Waals surface area (Å²) >= 11 is 1.22. The van der Waals surface area contributed by atoms with Crippen LogP contribution in [0.4, 0.5) is 5.13 Å². The van der Waals surface area contributed by atoms with Crippen LogP contribution < -0.4 is 10.1 Å². The van der Waals surface area contributed by atoms with Gasteiger partial charge >= 0.3 is 5.97 Å². The van der Waals surface area contributed by atoms with Crippen molar-refractivity contribution in [2.75, 3.05) is 45.8 Å². The molecular weight excluding hydrogens is 494 g/mol. The number of hydrogen-bond donors (Lipinski definition) is 1. The predicted molar refractivity (Wildman–Crippen MR) is 129 cm³/mol. The number of esters is 1. The second-order valence-corrected chi connectivity index (χ2v) is 10.2. The Hall–Kier alpha value is -3.32. The minimum absolute atomic E-state index is 0.0833. The van der Waals surface area contributed by atoms with E-state index in [4.69, 9.17) is 14.2 Å². The first-order valence-corrected chi connectivity index (χ1v) is 12.9. The maximum absolute atomic E-state index is 13.2. The molecule has 1 aromatic heterocycles. The maximum Gasteiger partial charge on any atom is 0.337 e. The van der Waals surface area contributed by atoms with E-state index >= 15 is 0 Å². The fraction of sp³-hybridized carbons (Fsp3) is 0.261. The van der Waals surface area contributed by atoms with Gasteiger partial charge in [0.25, 0.3) is 5.91 Å². The first-order chi connectivity index (χ1) is 16.8. The number of carbonyl (C=O) groups excluding carboxylic acids is 2. The van der Waals surface area contributed by atoms with Gasteiger partial charge in [0.05, 0.1) is 38.7 Å². The number of carbonyl (C=O) groups is 2. The first-order valence-electron chi connectivity index (χ1n) is 10.5. The molecule has 1 aliphatic heterocycles. The molecule has 2 heterocycles. The third-order valence-corrected chi connectivity index (χ3v) is 8.02. The molecule has 1 N–H and O–H groups in total. The monoisotopic (exact) mass is 517 g/mol. The zero-order valence-corrected chi connectivity index (χ0v) is 20.6. The molecule has 0 atom stereocenters. The molecule has 1 aliphatic rings. The van der Waals surface area contributed by atoms with Crippen molar-refractivity contribution in [3.63, 3.8) is 0 Å². The van der Waals surface area contributed by atoms with Crippen LogP contribution in [0, 0.1) is 0 Å². The summed E-state index contributed by atoms with van der Waals surface area (Å²) in [7, 11) is -1.18. The number of amides is 1. The van der Waals surface area contributed by atoms with Gasteiger partial charge in [0.2, 0.25) is 10.0 Å². The lowest BCUT2D eigenvalue weighted by Gasteiger charge is -2.26. The number of morpholine rings is 1. The molecule has 1 amide bonds. The second-order valence-electron chi connectivity index (χ2n) is 7.44. The molecule has 0 unspecified atom stereocenters. The van der Waals surface area contributed by atoms with Crippen LogP contribution in [-0.4, -0.2) is 70.1 Å². The van der Waals surface area contributed by atoms with Crippen molar-refractivity contribution in [1.82, 2.24) is 9.29 Å². The number of rotatable bonds is 7. The molecule has 0 bridgehead atoms. The third kappa shape index (κ3) is 5.35. The topological polar surface area (TPSA) is 124 Å². The van der Waals surface area contributed by atoms with Crippen LogP contribution in [0.25, 0.3) is 11.3 Å². The van der Waals surface area contributed by atoms with Gasteiger partial charge in [0, 0.05) is 29.6 Å². The fourth-order valence-electron chi connectivity index (χ4n) is 3.47. The van der Waals surface area contributed by atoms with Gasteiger partial charge in [0.1, 0.15) is 10.6 Å². The molecule has 0 saturated carbocycles. The summed E-state index contributed by atoms with van der Waals surface area (Å²) in [6, 6.07) is 11.0. The number of ether oxygens (including phenoxy) is 3. The molecule has 1 fully saturated rings. The highest BCUT2D eigenvalue weighted by atomic mass is 32.2. The van der Waals surface area contributed by atoms with Gasteiger partial charge in [0.15, 0.2) is 5.13 Å². The highest BCUT2D eigenvalue weighted by Crippen LogP contribution is 2.30. The minimum Gasteiger partial charge on any atom is -0.495 e. The fourth-order valence-corrected chi connectivity index (χ4v) is 5.78. The van der Waals surface area contributed by atoms with Crippen molar-refractivity contribution in [3.8, 4) is 17.0 Å². The highest BCUT2D eigenvalue weighted by molar-refractivity contribution is 7.89. The summed E-state index contributed by atoms with van der Waals surface area (Å²) in [5, 5.41) is 4.82. The van der Waals surface area contributed by atoms with E-state index in [1.165, 1.54) is 48.1 Å². The highest BCUT2D eigenvalue weighted by Gasteiger charge is 2.30. The summed E-state index contributed by atoms with van der Waals surface area (Å²) in [5.41, 5.74) is 1.95. The molecule has 0 spiro atoms. The molecular formula is C23H23N3O7S2. The van der Waals surface area contributed by atoms with Crippen LogP contribution in [-0.2, 0) is 19.5 Å². The van der Waals surface area contributed by atoms with E-state index in [2.05, 4.69) is 10.3 Å². The van der Waals surface area contributed by atoms with Gasteiger partial charge < -0.3 is 14.2 Å². The zero-order valence-electron chi connectivity index (χ0n) is 19.0. The standard InChI is InChI=1S/C23H23N3O7S2/c1-31-19-8-7-17(13-20(19)35(29,30)26-9-11-33-12-10-26)21(27)25-23-24-18(14-34-23)15-3-5-16(6-4-15)22(28)32-2/h3-8,13-14H,9-12H2,1-2H3,(H,24,25,27). The van der Waals surface area contributed by atoms with Crippen LogP contribution in [0.3, 0.4) is 0 Å². The Morgan fingerprint density at radius 2 is 1.74 bits per heavy atom. The third-order valence-electron chi connectivity index (χ3n) is 5.34. The Labute approximate surface area is 206 Å². The van der Waals surface area contributed by atoms with Gasteiger partial charge in [-0.3, -0.25) is 10.1 Å². The quantitative estimate of drug-likeness (QED) is 0.475. The lowest BCUT2D eigenvalue weighted by atomic mass is 10.1. The molecule has 184 valence electrons. The molecule has 0 aliphatic carbocycles. The van der Waals surface area contributed by atoms with Crippen LogP contribution in [0.1, 0.15) is 20.7 Å². The number of hydrogen-bond acceptors (Lipinski definition) is 9. The summed E-state index contributed by atoms with van der Waals surface area (Å²) in [6.45, 7) is 1.06. The number of nitrogens with zero attached hydrogens (tertiary/aromatic N) is 2. The number of thiazole rings is 1. The average molecular weight is 518 g/mol. The van der Waals surface area contributed by atoms with Crippen LogP contribution in [0.15, 0.2) is 52.7 Å². The number of aromatic nitrogens is 1. The van der Waals surface area contributed by atoms with Crippen molar-refractivity contribution in [2.45, 2.75) is 4.90 Å². The van der Waals surface area contributed by atoms with E-state index in [9.17, 15) is 18.0 Å². The molecule has 35 heavy (non-hydrogen) atoms. The number of sulfonamides is 1. The van der Waals surface area contributed by atoms with E-state index < -0.39 is 21.9 Å². The number of anilines is 1. The van der Waals surface area contributed by atoms with E-state index in [0.29, 0.717) is 29.6 Å². The lowest BCUT2D eigenvalue weighted by molar-refractivity contribution is 0.0600. The largest absolute Gasteiger partial charge is 0.495 e. The average Bonchev–Trinajstić information content (AvgIpc) is 3.36. The number of benzene rings is 2. The van der Waals surface area contributed by atoms with E-state index in [0.717, 1.165) is 5.56 Å². The lowest BCUT2D eigenvalue weighted by Crippen LogP contribution is -2.40. The van der Waals surface area contributed by atoms with Gasteiger partial charge in [-0.05, 0) is 30.3 Å². The Morgan fingerprint density at radius 1 is 1.06 bits per heavy atom. The first kappa shape index (κ1) is 24.8. The molecule has 1 saturated heterocycles. The molecule has 3 aromatic rings. The van der Waals surface area contributed by atoms with Gasteiger partial charge in [-0.1, -0.05) is 12.1 Å². The minimum atomic E-state index is -3.87. The maximum atomic E-state index is 13.2. The van der Waals surface area contributed by atoms with E-state index in [1.54, 1.807) is 29.6 Å². The molecule has 4 rings (SSSR count). The van der Waals surface area contributed by atoms with Gasteiger partial charge in [-0.25, -0.2) is 18.2 Å². The number of methoxy groups -OCH3 is 2. The van der Waals surface area contributed by atoms with Crippen molar-refractivity contribution in [1.29, 1.82) is 0 Å².